The maximum atomic E-state index is 9.53. The molecule has 0 aromatic heterocycles. The molecule has 0 aromatic carbocycles. The third-order valence-corrected chi connectivity index (χ3v) is 2.47. The zero-order valence-corrected chi connectivity index (χ0v) is 12.2. The number of rotatable bonds is 14. The van der Waals surface area contributed by atoms with Crippen molar-refractivity contribution < 1.29 is 29.5 Å². The van der Waals surface area contributed by atoms with Gasteiger partial charge in [0.05, 0.1) is 39.1 Å². The van der Waals surface area contributed by atoms with Crippen LogP contribution in [-0.4, -0.2) is 79.8 Å². The van der Waals surface area contributed by atoms with Crippen LogP contribution in [0.2, 0.25) is 0 Å². The Morgan fingerprint density at radius 1 is 0.800 bits per heavy atom. The summed E-state index contributed by atoms with van der Waals surface area (Å²) in [5, 5.41) is 28.2. The monoisotopic (exact) mass is 295 g/mol. The lowest BCUT2D eigenvalue weighted by molar-refractivity contribution is -0.0633. The lowest BCUT2D eigenvalue weighted by Gasteiger charge is -2.15. The molecular weight excluding hydrogens is 266 g/mol. The lowest BCUT2D eigenvalue weighted by Crippen LogP contribution is -2.30. The van der Waals surface area contributed by atoms with Crippen molar-refractivity contribution >= 4 is 0 Å². The second kappa shape index (κ2) is 13.7. The highest BCUT2D eigenvalue weighted by Gasteiger charge is 2.09. The molecule has 7 nitrogen and oxygen atoms in total. The highest BCUT2D eigenvalue weighted by atomic mass is 16.5. The van der Waals surface area contributed by atoms with E-state index in [-0.39, 0.29) is 39.6 Å². The van der Waals surface area contributed by atoms with Crippen LogP contribution < -0.4 is 5.73 Å². The first-order valence-electron chi connectivity index (χ1n) is 7.07. The number of hydrogen-bond acceptors (Lipinski definition) is 7. The molecule has 0 fully saturated rings. The SMILES string of the molecule is CCCCOCC(O)COCC(O)COCC(O)CN. The summed E-state index contributed by atoms with van der Waals surface area (Å²) in [5.74, 6) is 0. The summed E-state index contributed by atoms with van der Waals surface area (Å²) in [6, 6.07) is 0. The Balaban J connectivity index is 3.39. The number of nitrogens with two attached hydrogens (primary N) is 1. The number of hydrogen-bond donors (Lipinski definition) is 4. The van der Waals surface area contributed by atoms with Gasteiger partial charge >= 0.3 is 0 Å². The summed E-state index contributed by atoms with van der Waals surface area (Å²) in [4.78, 5) is 0. The normalized spacial score (nSPS) is 16.1. The molecule has 0 bridgehead atoms. The van der Waals surface area contributed by atoms with Crippen LogP contribution in [0.25, 0.3) is 0 Å². The van der Waals surface area contributed by atoms with Gasteiger partial charge in [-0.3, -0.25) is 0 Å². The molecule has 0 rings (SSSR count). The standard InChI is InChI=1S/C13H29NO6/c1-2-3-4-18-7-12(16)8-20-10-13(17)9-19-6-11(15)5-14/h11-13,15-17H,2-10,14H2,1H3. The topological polar surface area (TPSA) is 114 Å². The predicted octanol–water partition coefficient (Wildman–Crippen LogP) is -1.12. The molecule has 122 valence electrons. The van der Waals surface area contributed by atoms with E-state index in [9.17, 15) is 10.2 Å². The molecule has 0 amide bonds. The van der Waals surface area contributed by atoms with Crippen LogP contribution in [0.15, 0.2) is 0 Å². The Labute approximate surface area is 120 Å². The van der Waals surface area contributed by atoms with Gasteiger partial charge in [-0.15, -0.1) is 0 Å². The zero-order valence-electron chi connectivity index (χ0n) is 12.2. The first-order valence-corrected chi connectivity index (χ1v) is 7.07. The minimum absolute atomic E-state index is 0.0557. The third-order valence-electron chi connectivity index (χ3n) is 2.47. The molecule has 0 aliphatic heterocycles. The van der Waals surface area contributed by atoms with Crippen molar-refractivity contribution in [1.82, 2.24) is 0 Å². The molecular formula is C13H29NO6. The minimum atomic E-state index is -0.798. The van der Waals surface area contributed by atoms with Gasteiger partial charge in [0.2, 0.25) is 0 Å². The van der Waals surface area contributed by atoms with Gasteiger partial charge in [-0.05, 0) is 6.42 Å². The van der Waals surface area contributed by atoms with Gasteiger partial charge in [0.15, 0.2) is 0 Å². The van der Waals surface area contributed by atoms with E-state index in [4.69, 9.17) is 25.1 Å². The Morgan fingerprint density at radius 3 is 1.70 bits per heavy atom. The van der Waals surface area contributed by atoms with Crippen molar-refractivity contribution in [3.8, 4) is 0 Å². The lowest BCUT2D eigenvalue weighted by atomic mass is 10.3. The number of unbranched alkanes of at least 4 members (excludes halogenated alkanes) is 1. The van der Waals surface area contributed by atoms with Crippen LogP contribution in [0.5, 0.6) is 0 Å². The highest BCUT2D eigenvalue weighted by Crippen LogP contribution is 1.94. The van der Waals surface area contributed by atoms with Crippen LogP contribution in [0.4, 0.5) is 0 Å². The van der Waals surface area contributed by atoms with Gasteiger partial charge in [-0.2, -0.15) is 0 Å². The van der Waals surface area contributed by atoms with E-state index in [1.807, 2.05) is 0 Å². The average molecular weight is 295 g/mol. The van der Waals surface area contributed by atoms with Crippen molar-refractivity contribution in [3.63, 3.8) is 0 Å². The molecule has 0 aromatic rings. The summed E-state index contributed by atoms with van der Waals surface area (Å²) in [6.07, 6.45) is -0.187. The van der Waals surface area contributed by atoms with Crippen LogP contribution >= 0.6 is 0 Å². The maximum absolute atomic E-state index is 9.53. The Bertz CT molecular complexity index is 207. The molecule has 0 aliphatic carbocycles. The zero-order chi connectivity index (χ0) is 15.2. The molecule has 0 aliphatic rings. The van der Waals surface area contributed by atoms with E-state index in [0.717, 1.165) is 12.8 Å². The quantitative estimate of drug-likeness (QED) is 0.300. The second-order valence-corrected chi connectivity index (χ2v) is 4.70. The summed E-state index contributed by atoms with van der Waals surface area (Å²) in [6.45, 7) is 3.36. The average Bonchev–Trinajstić information content (AvgIpc) is 2.43. The van der Waals surface area contributed by atoms with Crippen molar-refractivity contribution in [3.05, 3.63) is 0 Å². The molecule has 0 radical (unpaired) electrons. The van der Waals surface area contributed by atoms with E-state index in [1.165, 1.54) is 0 Å². The molecule has 0 saturated heterocycles. The van der Waals surface area contributed by atoms with Crippen molar-refractivity contribution in [2.24, 2.45) is 5.73 Å². The first kappa shape index (κ1) is 19.7. The number of aliphatic hydroxyl groups excluding tert-OH is 3. The van der Waals surface area contributed by atoms with Gasteiger partial charge in [-0.25, -0.2) is 0 Å². The van der Waals surface area contributed by atoms with Crippen LogP contribution in [0, 0.1) is 0 Å². The Hall–Kier alpha value is -0.280. The molecule has 7 heteroatoms. The van der Waals surface area contributed by atoms with E-state index in [2.05, 4.69) is 6.92 Å². The van der Waals surface area contributed by atoms with E-state index < -0.39 is 18.3 Å². The molecule has 0 saturated carbocycles. The Kier molecular flexibility index (Phi) is 13.5. The summed E-state index contributed by atoms with van der Waals surface area (Å²) in [5.41, 5.74) is 5.20. The van der Waals surface area contributed by atoms with Crippen molar-refractivity contribution in [1.29, 1.82) is 0 Å². The largest absolute Gasteiger partial charge is 0.389 e. The second-order valence-electron chi connectivity index (χ2n) is 4.70. The van der Waals surface area contributed by atoms with Crippen LogP contribution in [-0.2, 0) is 14.2 Å². The smallest absolute Gasteiger partial charge is 0.101 e. The van der Waals surface area contributed by atoms with Crippen LogP contribution in [0.3, 0.4) is 0 Å². The number of ether oxygens (including phenoxy) is 3. The molecule has 3 unspecified atom stereocenters. The Morgan fingerprint density at radius 2 is 1.25 bits per heavy atom. The molecule has 0 spiro atoms. The molecule has 5 N–H and O–H groups in total. The fourth-order valence-corrected chi connectivity index (χ4v) is 1.31. The maximum Gasteiger partial charge on any atom is 0.101 e. The fraction of sp³-hybridized carbons (Fsp3) is 1.00. The van der Waals surface area contributed by atoms with Crippen molar-refractivity contribution in [2.75, 3.05) is 46.2 Å². The van der Waals surface area contributed by atoms with Crippen LogP contribution in [0.1, 0.15) is 19.8 Å². The van der Waals surface area contributed by atoms with Gasteiger partial charge in [0.1, 0.15) is 12.2 Å². The van der Waals surface area contributed by atoms with Gasteiger partial charge in [0.25, 0.3) is 0 Å². The number of aliphatic hydroxyl groups is 3. The van der Waals surface area contributed by atoms with Gasteiger partial charge < -0.3 is 35.3 Å². The van der Waals surface area contributed by atoms with Gasteiger partial charge in [-0.1, -0.05) is 13.3 Å². The summed E-state index contributed by atoms with van der Waals surface area (Å²) < 4.78 is 15.4. The third kappa shape index (κ3) is 12.7. The van der Waals surface area contributed by atoms with E-state index in [0.29, 0.717) is 6.61 Å². The first-order chi connectivity index (χ1) is 9.60. The predicted molar refractivity (Wildman–Crippen MR) is 74.4 cm³/mol. The van der Waals surface area contributed by atoms with E-state index >= 15 is 0 Å². The molecule has 0 heterocycles. The summed E-state index contributed by atoms with van der Waals surface area (Å²) in [7, 11) is 0. The van der Waals surface area contributed by atoms with E-state index in [1.54, 1.807) is 0 Å². The fourth-order valence-electron chi connectivity index (χ4n) is 1.31. The molecule has 3 atom stereocenters. The minimum Gasteiger partial charge on any atom is -0.389 e. The van der Waals surface area contributed by atoms with Gasteiger partial charge in [0, 0.05) is 13.2 Å². The highest BCUT2D eigenvalue weighted by molar-refractivity contribution is 4.57. The molecule has 20 heavy (non-hydrogen) atoms. The summed E-state index contributed by atoms with van der Waals surface area (Å²) >= 11 is 0. The van der Waals surface area contributed by atoms with Crippen molar-refractivity contribution in [2.45, 2.75) is 38.1 Å².